The first-order chi connectivity index (χ1) is 6.30. The van der Waals surface area contributed by atoms with Crippen LogP contribution in [-0.4, -0.2) is 19.8 Å². The molecule has 82 valence electrons. The second-order valence-corrected chi connectivity index (χ2v) is 9.95. The van der Waals surface area contributed by atoms with E-state index in [1.807, 2.05) is 19.6 Å². The molecule has 0 aromatic rings. The fourth-order valence-electron chi connectivity index (χ4n) is 2.73. The van der Waals surface area contributed by atoms with Gasteiger partial charge in [-0.3, -0.25) is 0 Å². The van der Waals surface area contributed by atoms with Crippen LogP contribution >= 0.6 is 0 Å². The molecule has 2 aliphatic carbocycles. The van der Waals surface area contributed by atoms with E-state index in [4.69, 9.17) is 4.43 Å². The van der Waals surface area contributed by atoms with E-state index in [1.165, 1.54) is 0 Å². The fraction of sp³-hybridized carbons (Fsp3) is 1.00. The van der Waals surface area contributed by atoms with Gasteiger partial charge in [0.05, 0.1) is 5.92 Å². The van der Waals surface area contributed by atoms with E-state index in [-0.39, 0.29) is 0 Å². The lowest BCUT2D eigenvalue weighted by Crippen LogP contribution is -2.38. The number of alkyl halides is 2. The van der Waals surface area contributed by atoms with E-state index in [2.05, 4.69) is 0 Å². The molecule has 2 atom stereocenters. The zero-order chi connectivity index (χ0) is 10.6. The van der Waals surface area contributed by atoms with Crippen molar-refractivity contribution in [3.63, 3.8) is 0 Å². The molecule has 14 heavy (non-hydrogen) atoms. The van der Waals surface area contributed by atoms with Crippen molar-refractivity contribution in [2.75, 3.05) is 0 Å². The number of hydrogen-bond acceptors (Lipinski definition) is 1. The van der Waals surface area contributed by atoms with Crippen molar-refractivity contribution < 1.29 is 13.2 Å². The van der Waals surface area contributed by atoms with Crippen LogP contribution in [0, 0.1) is 5.92 Å². The van der Waals surface area contributed by atoms with Gasteiger partial charge in [0, 0.05) is 0 Å². The zero-order valence-electron chi connectivity index (χ0n) is 9.07. The third-order valence-electron chi connectivity index (χ3n) is 3.26. The van der Waals surface area contributed by atoms with Crippen LogP contribution in [0.3, 0.4) is 0 Å². The highest BCUT2D eigenvalue weighted by molar-refractivity contribution is 6.69. The Labute approximate surface area is 85.0 Å². The molecule has 2 aliphatic rings. The largest absolute Gasteiger partial charge is 0.405 e. The van der Waals surface area contributed by atoms with Crippen molar-refractivity contribution in [3.8, 4) is 0 Å². The Morgan fingerprint density at radius 2 is 1.86 bits per heavy atom. The summed E-state index contributed by atoms with van der Waals surface area (Å²) in [5.74, 6) is -3.01. The first kappa shape index (κ1) is 10.6. The molecule has 0 heterocycles. The van der Waals surface area contributed by atoms with Gasteiger partial charge in [0.25, 0.3) is 5.92 Å². The van der Waals surface area contributed by atoms with E-state index in [0.717, 1.165) is 12.8 Å². The number of halogens is 2. The summed E-state index contributed by atoms with van der Waals surface area (Å²) in [6.45, 7) is 5.96. The Hall–Kier alpha value is 0.0369. The van der Waals surface area contributed by atoms with Crippen molar-refractivity contribution in [2.45, 2.75) is 56.8 Å². The van der Waals surface area contributed by atoms with Gasteiger partial charge in [0.1, 0.15) is 5.60 Å². The molecule has 0 radical (unpaired) electrons. The maximum Gasteiger partial charge on any atom is 0.281 e. The highest BCUT2D eigenvalue weighted by Gasteiger charge is 2.82. The number of fused-ring (bicyclic) bond motifs is 1. The quantitative estimate of drug-likeness (QED) is 0.648. The molecule has 0 saturated heterocycles. The molecule has 2 unspecified atom stereocenters. The molecular formula is C10H18F2OSi. The van der Waals surface area contributed by atoms with Crippen LogP contribution in [0.2, 0.25) is 19.6 Å². The summed E-state index contributed by atoms with van der Waals surface area (Å²) >= 11 is 0. The molecule has 1 nitrogen and oxygen atoms in total. The van der Waals surface area contributed by atoms with E-state index in [0.29, 0.717) is 12.8 Å². The summed E-state index contributed by atoms with van der Waals surface area (Å²) < 4.78 is 32.9. The summed E-state index contributed by atoms with van der Waals surface area (Å²) in [5, 5.41) is 0. The molecule has 0 spiro atoms. The lowest BCUT2D eigenvalue weighted by atomic mass is 9.98. The molecule has 4 heteroatoms. The number of hydrogen-bond donors (Lipinski definition) is 0. The number of rotatable bonds is 2. The average molecular weight is 220 g/mol. The third-order valence-corrected chi connectivity index (χ3v) is 4.24. The molecule has 2 fully saturated rings. The van der Waals surface area contributed by atoms with Gasteiger partial charge in [-0.1, -0.05) is 12.8 Å². The normalized spacial score (nSPS) is 40.5. The Morgan fingerprint density at radius 3 is 2.36 bits per heavy atom. The predicted molar refractivity (Wildman–Crippen MR) is 54.1 cm³/mol. The second-order valence-electron chi connectivity index (χ2n) is 5.53. The third kappa shape index (κ3) is 1.34. The molecule has 0 aromatic heterocycles. The van der Waals surface area contributed by atoms with Crippen LogP contribution in [0.4, 0.5) is 8.78 Å². The van der Waals surface area contributed by atoms with E-state index >= 15 is 0 Å². The van der Waals surface area contributed by atoms with Crippen molar-refractivity contribution in [3.05, 3.63) is 0 Å². The molecular weight excluding hydrogens is 202 g/mol. The molecule has 2 saturated carbocycles. The fourth-order valence-corrected chi connectivity index (χ4v) is 4.21. The predicted octanol–water partition coefficient (Wildman–Crippen LogP) is 3.42. The summed E-state index contributed by atoms with van der Waals surface area (Å²) in [5.41, 5.74) is -1.05. The smallest absolute Gasteiger partial charge is 0.281 e. The molecule has 2 rings (SSSR count). The van der Waals surface area contributed by atoms with Gasteiger partial charge in [0.2, 0.25) is 0 Å². The minimum absolute atomic E-state index is 0.476. The van der Waals surface area contributed by atoms with E-state index in [1.54, 1.807) is 0 Å². The first-order valence-corrected chi connectivity index (χ1v) is 8.78. The van der Waals surface area contributed by atoms with E-state index < -0.39 is 25.8 Å². The maximum absolute atomic E-state index is 13.6. The molecule has 0 amide bonds. The summed E-state index contributed by atoms with van der Waals surface area (Å²) in [4.78, 5) is 0. The van der Waals surface area contributed by atoms with Crippen LogP contribution in [-0.2, 0) is 4.43 Å². The highest BCUT2D eigenvalue weighted by Crippen LogP contribution is 2.68. The Bertz CT molecular complexity index is 249. The van der Waals surface area contributed by atoms with Gasteiger partial charge < -0.3 is 4.43 Å². The van der Waals surface area contributed by atoms with E-state index in [9.17, 15) is 8.78 Å². The van der Waals surface area contributed by atoms with Crippen molar-refractivity contribution in [1.82, 2.24) is 0 Å². The average Bonchev–Trinajstić information content (AvgIpc) is 2.46. The zero-order valence-corrected chi connectivity index (χ0v) is 10.1. The van der Waals surface area contributed by atoms with Gasteiger partial charge >= 0.3 is 0 Å². The van der Waals surface area contributed by atoms with Crippen LogP contribution in [0.1, 0.15) is 25.7 Å². The molecule has 0 aromatic carbocycles. The topological polar surface area (TPSA) is 9.23 Å². The highest BCUT2D eigenvalue weighted by atomic mass is 28.4. The maximum atomic E-state index is 13.6. The van der Waals surface area contributed by atoms with Crippen LogP contribution in [0.15, 0.2) is 0 Å². The lowest BCUT2D eigenvalue weighted by molar-refractivity contribution is 0.00121. The minimum atomic E-state index is -2.54. The monoisotopic (exact) mass is 220 g/mol. The van der Waals surface area contributed by atoms with Gasteiger partial charge in [-0.25, -0.2) is 8.78 Å². The summed E-state index contributed by atoms with van der Waals surface area (Å²) in [6.07, 6.45) is 3.06. The van der Waals surface area contributed by atoms with Crippen molar-refractivity contribution >= 4 is 8.32 Å². The Kier molecular flexibility index (Phi) is 2.10. The summed E-state index contributed by atoms with van der Waals surface area (Å²) in [6, 6.07) is 0. The summed E-state index contributed by atoms with van der Waals surface area (Å²) in [7, 11) is -1.84. The van der Waals surface area contributed by atoms with Gasteiger partial charge in [0.15, 0.2) is 8.32 Å². The molecule has 0 aliphatic heterocycles. The van der Waals surface area contributed by atoms with Gasteiger partial charge in [-0.05, 0) is 32.5 Å². The lowest BCUT2D eigenvalue weighted by Gasteiger charge is -2.29. The minimum Gasteiger partial charge on any atom is -0.405 e. The van der Waals surface area contributed by atoms with Crippen LogP contribution in [0.5, 0.6) is 0 Å². The second kappa shape index (κ2) is 2.79. The van der Waals surface area contributed by atoms with Gasteiger partial charge in [-0.2, -0.15) is 0 Å². The Balaban J connectivity index is 2.15. The standard InChI is InChI=1S/C10H18F2OSi/c1-14(2,3)13-9-7-5-4-6-8(9)10(9,11)12/h8H,4-7H2,1-3H3. The Morgan fingerprint density at radius 1 is 1.21 bits per heavy atom. The molecule has 0 bridgehead atoms. The SMILES string of the molecule is C[Si](C)(C)OC12CCCCC1C2(F)F. The van der Waals surface area contributed by atoms with Crippen LogP contribution < -0.4 is 0 Å². The van der Waals surface area contributed by atoms with Gasteiger partial charge in [-0.15, -0.1) is 0 Å². The van der Waals surface area contributed by atoms with Crippen LogP contribution in [0.25, 0.3) is 0 Å². The first-order valence-electron chi connectivity index (χ1n) is 5.38. The van der Waals surface area contributed by atoms with Crippen molar-refractivity contribution in [1.29, 1.82) is 0 Å². The molecule has 0 N–H and O–H groups in total. The van der Waals surface area contributed by atoms with Crippen molar-refractivity contribution in [2.24, 2.45) is 5.92 Å².